The van der Waals surface area contributed by atoms with Crippen LogP contribution in [0, 0.1) is 5.82 Å². The summed E-state index contributed by atoms with van der Waals surface area (Å²) in [4.78, 5) is 6.41. The highest BCUT2D eigenvalue weighted by molar-refractivity contribution is 5.86. The quantitative estimate of drug-likeness (QED) is 0.876. The lowest BCUT2D eigenvalue weighted by Crippen LogP contribution is -2.43. The summed E-state index contributed by atoms with van der Waals surface area (Å²) < 4.78 is 13.5. The molecule has 1 aromatic heterocycles. The van der Waals surface area contributed by atoms with Crippen LogP contribution in [-0.2, 0) is 0 Å². The van der Waals surface area contributed by atoms with Crippen molar-refractivity contribution < 1.29 is 4.39 Å². The van der Waals surface area contributed by atoms with Gasteiger partial charge in [0.25, 0.3) is 0 Å². The molecule has 0 bridgehead atoms. The monoisotopic (exact) mass is 272 g/mol. The van der Waals surface area contributed by atoms with E-state index in [0.29, 0.717) is 5.82 Å². The highest BCUT2D eigenvalue weighted by Crippen LogP contribution is 2.34. The van der Waals surface area contributed by atoms with Crippen molar-refractivity contribution in [2.75, 3.05) is 36.8 Å². The van der Waals surface area contributed by atoms with Gasteiger partial charge < -0.3 is 16.0 Å². The van der Waals surface area contributed by atoms with Gasteiger partial charge in [-0.2, -0.15) is 0 Å². The number of halogens is 1. The first-order chi connectivity index (χ1) is 9.75. The van der Waals surface area contributed by atoms with Crippen LogP contribution < -0.4 is 16.0 Å². The van der Waals surface area contributed by atoms with E-state index in [0.717, 1.165) is 43.0 Å². The van der Waals surface area contributed by atoms with Crippen LogP contribution >= 0.6 is 0 Å². The van der Waals surface area contributed by atoms with E-state index in [9.17, 15) is 4.39 Å². The van der Waals surface area contributed by atoms with E-state index in [1.807, 2.05) is 12.1 Å². The van der Waals surface area contributed by atoms with E-state index < -0.39 is 0 Å². The molecule has 1 fully saturated rings. The van der Waals surface area contributed by atoms with Crippen molar-refractivity contribution in [2.45, 2.75) is 0 Å². The van der Waals surface area contributed by atoms with Crippen molar-refractivity contribution in [2.24, 2.45) is 0 Å². The van der Waals surface area contributed by atoms with Gasteiger partial charge in [0.1, 0.15) is 11.6 Å². The van der Waals surface area contributed by atoms with E-state index in [-0.39, 0.29) is 5.82 Å². The van der Waals surface area contributed by atoms with Gasteiger partial charge in [-0.15, -0.1) is 0 Å². The molecule has 5 heteroatoms. The second-order valence-electron chi connectivity index (χ2n) is 4.84. The summed E-state index contributed by atoms with van der Waals surface area (Å²) in [6, 6.07) is 8.43. The largest absolute Gasteiger partial charge is 0.383 e. The first-order valence-corrected chi connectivity index (χ1v) is 6.72. The van der Waals surface area contributed by atoms with Gasteiger partial charge in [0, 0.05) is 43.6 Å². The summed E-state index contributed by atoms with van der Waals surface area (Å²) in [5.41, 5.74) is 8.63. The summed E-state index contributed by atoms with van der Waals surface area (Å²) in [7, 11) is 0. The smallest absolute Gasteiger partial charge is 0.133 e. The lowest BCUT2D eigenvalue weighted by atomic mass is 10.0. The number of nitrogens with zero attached hydrogens (tertiary/aromatic N) is 2. The van der Waals surface area contributed by atoms with Crippen LogP contribution in [0.25, 0.3) is 11.1 Å². The predicted molar refractivity (Wildman–Crippen MR) is 79.1 cm³/mol. The van der Waals surface area contributed by atoms with Crippen LogP contribution in [0.2, 0.25) is 0 Å². The maximum absolute atomic E-state index is 13.5. The summed E-state index contributed by atoms with van der Waals surface area (Å²) in [6.45, 7) is 3.69. The molecule has 20 heavy (non-hydrogen) atoms. The summed E-state index contributed by atoms with van der Waals surface area (Å²) in [6.07, 6.45) is 1.70. The fourth-order valence-electron chi connectivity index (χ4n) is 2.58. The third-order valence-electron chi connectivity index (χ3n) is 3.53. The molecule has 0 aliphatic carbocycles. The second-order valence-corrected chi connectivity index (χ2v) is 4.84. The van der Waals surface area contributed by atoms with Gasteiger partial charge in [-0.25, -0.2) is 9.37 Å². The first kappa shape index (κ1) is 12.9. The van der Waals surface area contributed by atoms with Gasteiger partial charge in [0.15, 0.2) is 0 Å². The Kier molecular flexibility index (Phi) is 3.52. The fourth-order valence-corrected chi connectivity index (χ4v) is 2.58. The topological polar surface area (TPSA) is 54.2 Å². The number of nitrogens with two attached hydrogens (primary N) is 1. The average molecular weight is 272 g/mol. The molecule has 0 spiro atoms. The lowest BCUT2D eigenvalue weighted by Gasteiger charge is -2.31. The molecule has 2 heterocycles. The fraction of sp³-hybridized carbons (Fsp3) is 0.267. The van der Waals surface area contributed by atoms with Crippen molar-refractivity contribution in [1.82, 2.24) is 10.3 Å². The number of pyridine rings is 1. The predicted octanol–water partition coefficient (Wildman–Crippen LogP) is 1.88. The normalized spacial score (nSPS) is 15.3. The number of anilines is 2. The third kappa shape index (κ3) is 2.44. The van der Waals surface area contributed by atoms with E-state index in [2.05, 4.69) is 15.2 Å². The Morgan fingerprint density at radius 3 is 2.75 bits per heavy atom. The zero-order valence-corrected chi connectivity index (χ0v) is 11.1. The van der Waals surface area contributed by atoms with Gasteiger partial charge >= 0.3 is 0 Å². The molecule has 0 atom stereocenters. The van der Waals surface area contributed by atoms with Crippen molar-refractivity contribution in [1.29, 1.82) is 0 Å². The van der Waals surface area contributed by atoms with Gasteiger partial charge in [0.2, 0.25) is 0 Å². The Hall–Kier alpha value is -2.14. The third-order valence-corrected chi connectivity index (χ3v) is 3.53. The molecule has 3 rings (SSSR count). The highest BCUT2D eigenvalue weighted by atomic mass is 19.1. The maximum atomic E-state index is 13.5. The molecule has 3 N–H and O–H groups in total. The number of hydrogen-bond acceptors (Lipinski definition) is 4. The average Bonchev–Trinajstić information content (AvgIpc) is 2.48. The first-order valence-electron chi connectivity index (χ1n) is 6.72. The van der Waals surface area contributed by atoms with Crippen molar-refractivity contribution >= 4 is 11.5 Å². The molecular weight excluding hydrogens is 255 g/mol. The zero-order valence-electron chi connectivity index (χ0n) is 11.1. The molecule has 1 aliphatic rings. The molecule has 2 aromatic rings. The van der Waals surface area contributed by atoms with E-state index in [1.165, 1.54) is 12.1 Å². The van der Waals surface area contributed by atoms with Gasteiger partial charge in [0.05, 0.1) is 0 Å². The van der Waals surface area contributed by atoms with Crippen LogP contribution in [0.1, 0.15) is 0 Å². The summed E-state index contributed by atoms with van der Waals surface area (Å²) in [5.74, 6) is 0.170. The molecule has 0 unspecified atom stereocenters. The number of nitrogens with one attached hydrogen (secondary N) is 1. The molecule has 1 saturated heterocycles. The van der Waals surface area contributed by atoms with Crippen molar-refractivity contribution in [3.63, 3.8) is 0 Å². The van der Waals surface area contributed by atoms with Crippen LogP contribution in [0.5, 0.6) is 0 Å². The molecule has 0 saturated carbocycles. The Labute approximate surface area is 117 Å². The Morgan fingerprint density at radius 1 is 1.20 bits per heavy atom. The van der Waals surface area contributed by atoms with Crippen LogP contribution in [-0.4, -0.2) is 31.2 Å². The SMILES string of the molecule is Nc1nccc(N2CCNCC2)c1-c1cccc(F)c1. The number of aromatic nitrogens is 1. The minimum Gasteiger partial charge on any atom is -0.383 e. The standard InChI is InChI=1S/C15H17FN4/c16-12-3-1-2-11(10-12)14-13(4-5-19-15(14)17)20-8-6-18-7-9-20/h1-5,10,18H,6-9H2,(H2,17,19). The number of nitrogen functional groups attached to an aromatic ring is 1. The van der Waals surface area contributed by atoms with Crippen molar-refractivity contribution in [3.8, 4) is 11.1 Å². The molecule has 0 amide bonds. The molecule has 4 nitrogen and oxygen atoms in total. The van der Waals surface area contributed by atoms with E-state index in [1.54, 1.807) is 12.3 Å². The Bertz CT molecular complexity index is 609. The van der Waals surface area contributed by atoms with Crippen molar-refractivity contribution in [3.05, 3.63) is 42.3 Å². The summed E-state index contributed by atoms with van der Waals surface area (Å²) >= 11 is 0. The van der Waals surface area contributed by atoms with Gasteiger partial charge in [-0.3, -0.25) is 0 Å². The van der Waals surface area contributed by atoms with Crippen LogP contribution in [0.15, 0.2) is 36.5 Å². The molecule has 0 radical (unpaired) electrons. The van der Waals surface area contributed by atoms with Gasteiger partial charge in [-0.05, 0) is 23.8 Å². The molecule has 1 aromatic carbocycles. The number of rotatable bonds is 2. The van der Waals surface area contributed by atoms with E-state index >= 15 is 0 Å². The molecule has 104 valence electrons. The molecule has 1 aliphatic heterocycles. The number of benzene rings is 1. The maximum Gasteiger partial charge on any atom is 0.133 e. The summed E-state index contributed by atoms with van der Waals surface area (Å²) in [5, 5.41) is 3.32. The second kappa shape index (κ2) is 5.46. The highest BCUT2D eigenvalue weighted by Gasteiger charge is 2.17. The Balaban J connectivity index is 2.09. The van der Waals surface area contributed by atoms with Crippen LogP contribution in [0.3, 0.4) is 0 Å². The zero-order chi connectivity index (χ0) is 13.9. The number of piperazine rings is 1. The number of hydrogen-bond donors (Lipinski definition) is 2. The van der Waals surface area contributed by atoms with E-state index in [4.69, 9.17) is 5.73 Å². The van der Waals surface area contributed by atoms with Crippen LogP contribution in [0.4, 0.5) is 15.9 Å². The minimum absolute atomic E-state index is 0.267. The Morgan fingerprint density at radius 2 is 2.00 bits per heavy atom. The lowest BCUT2D eigenvalue weighted by molar-refractivity contribution is 0.589. The minimum atomic E-state index is -0.267. The molecular formula is C15H17FN4. The van der Waals surface area contributed by atoms with Gasteiger partial charge in [-0.1, -0.05) is 12.1 Å².